The zero-order valence-corrected chi connectivity index (χ0v) is 13.6. The Kier molecular flexibility index (Phi) is 8.14. The molecule has 0 spiro atoms. The van der Waals surface area contributed by atoms with Gasteiger partial charge in [0.2, 0.25) is 0 Å². The maximum atomic E-state index is 10.9. The van der Waals surface area contributed by atoms with E-state index in [1.807, 2.05) is 0 Å². The van der Waals surface area contributed by atoms with Crippen LogP contribution in [0.2, 0.25) is 0 Å². The average Bonchev–Trinajstić information content (AvgIpc) is 2.57. The third-order valence-corrected chi connectivity index (χ3v) is 2.68. The van der Waals surface area contributed by atoms with Crippen LogP contribution < -0.4 is 15.4 Å². The summed E-state index contributed by atoms with van der Waals surface area (Å²) in [6.07, 6.45) is -0.492. The Balaban J connectivity index is 0.000000251. The first-order valence-corrected chi connectivity index (χ1v) is 7.40. The van der Waals surface area contributed by atoms with Crippen LogP contribution in [0, 0.1) is 0 Å². The second kappa shape index (κ2) is 10.4. The predicted octanol–water partition coefficient (Wildman–Crippen LogP) is 2.39. The highest BCUT2D eigenvalue weighted by Gasteiger charge is 2.01. The van der Waals surface area contributed by atoms with Crippen molar-refractivity contribution in [3.8, 4) is 17.2 Å². The molecule has 0 aliphatic carbocycles. The van der Waals surface area contributed by atoms with Crippen molar-refractivity contribution in [2.45, 2.75) is 6.92 Å². The summed E-state index contributed by atoms with van der Waals surface area (Å²) < 4.78 is 4.85. The van der Waals surface area contributed by atoms with E-state index in [9.17, 15) is 9.59 Å². The van der Waals surface area contributed by atoms with Crippen LogP contribution >= 0.6 is 0 Å². The minimum Gasteiger partial charge on any atom is -0.508 e. The lowest BCUT2D eigenvalue weighted by atomic mass is 10.3. The number of nitrogens with one attached hydrogen (secondary N) is 2. The monoisotopic (exact) mass is 348 g/mol. The van der Waals surface area contributed by atoms with Crippen LogP contribution in [-0.2, 0) is 4.79 Å². The van der Waals surface area contributed by atoms with E-state index in [0.717, 1.165) is 0 Å². The molecule has 1 amide bonds. The third-order valence-electron chi connectivity index (χ3n) is 2.68. The molecule has 0 bridgehead atoms. The van der Waals surface area contributed by atoms with E-state index in [2.05, 4.69) is 10.6 Å². The van der Waals surface area contributed by atoms with Crippen molar-refractivity contribution < 1.29 is 29.6 Å². The second-order valence-electron chi connectivity index (χ2n) is 4.71. The van der Waals surface area contributed by atoms with Gasteiger partial charge in [-0.15, -0.1) is 0 Å². The number of aromatic hydroxyl groups is 2. The van der Waals surface area contributed by atoms with Crippen molar-refractivity contribution >= 4 is 17.7 Å². The highest BCUT2D eigenvalue weighted by atomic mass is 16.6. The second-order valence-corrected chi connectivity index (χ2v) is 4.71. The number of aliphatic carboxylic acids is 1. The Morgan fingerprint density at radius 2 is 1.48 bits per heavy atom. The number of rotatable bonds is 5. The molecule has 5 N–H and O–H groups in total. The molecule has 0 saturated carbocycles. The normalized spacial score (nSPS) is 9.32. The van der Waals surface area contributed by atoms with Crippen molar-refractivity contribution in [2.24, 2.45) is 0 Å². The number of hydrogen-bond acceptors (Lipinski definition) is 6. The summed E-state index contributed by atoms with van der Waals surface area (Å²) in [6.45, 7) is 2.21. The van der Waals surface area contributed by atoms with Crippen molar-refractivity contribution in [3.63, 3.8) is 0 Å². The molecular weight excluding hydrogens is 328 g/mol. The molecule has 2 aromatic carbocycles. The third kappa shape index (κ3) is 8.70. The lowest BCUT2D eigenvalue weighted by molar-refractivity contribution is -0.134. The molecule has 8 heteroatoms. The van der Waals surface area contributed by atoms with Crippen molar-refractivity contribution in [2.75, 3.05) is 18.4 Å². The summed E-state index contributed by atoms with van der Waals surface area (Å²) in [4.78, 5) is 21.0. The number of ether oxygens (including phenoxy) is 1. The van der Waals surface area contributed by atoms with Crippen LogP contribution in [-0.4, -0.2) is 40.5 Å². The molecule has 2 rings (SSSR count). The van der Waals surface area contributed by atoms with Gasteiger partial charge in [0.1, 0.15) is 23.8 Å². The largest absolute Gasteiger partial charge is 0.508 e. The van der Waals surface area contributed by atoms with Gasteiger partial charge in [0.15, 0.2) is 0 Å². The SMILES string of the molecule is CCNC(=O)Oc1ccc(O)cc1.O=C(O)CNc1ccc(O)cc1. The van der Waals surface area contributed by atoms with Crippen molar-refractivity contribution in [1.82, 2.24) is 5.32 Å². The number of phenols is 2. The highest BCUT2D eigenvalue weighted by molar-refractivity contribution is 5.72. The van der Waals surface area contributed by atoms with Crippen LogP contribution in [0.3, 0.4) is 0 Å². The molecule has 8 nitrogen and oxygen atoms in total. The Bertz CT molecular complexity index is 671. The fourth-order valence-corrected chi connectivity index (χ4v) is 1.56. The number of carbonyl (C=O) groups is 2. The molecule has 25 heavy (non-hydrogen) atoms. The van der Waals surface area contributed by atoms with Gasteiger partial charge < -0.3 is 30.7 Å². The predicted molar refractivity (Wildman–Crippen MR) is 92.0 cm³/mol. The van der Waals surface area contributed by atoms with E-state index in [4.69, 9.17) is 20.1 Å². The van der Waals surface area contributed by atoms with Crippen LogP contribution in [0.4, 0.5) is 10.5 Å². The van der Waals surface area contributed by atoms with Gasteiger partial charge in [-0.1, -0.05) is 0 Å². The Morgan fingerprint density at radius 3 is 1.96 bits per heavy atom. The Labute approximate surface area is 144 Å². The number of carbonyl (C=O) groups excluding carboxylic acids is 1. The number of hydrogen-bond donors (Lipinski definition) is 5. The zero-order valence-electron chi connectivity index (χ0n) is 13.6. The van der Waals surface area contributed by atoms with Gasteiger partial charge in [-0.05, 0) is 55.5 Å². The molecule has 2 aromatic rings. The fourth-order valence-electron chi connectivity index (χ4n) is 1.56. The van der Waals surface area contributed by atoms with E-state index in [0.29, 0.717) is 18.0 Å². The van der Waals surface area contributed by atoms with Crippen molar-refractivity contribution in [3.05, 3.63) is 48.5 Å². The van der Waals surface area contributed by atoms with Crippen LogP contribution in [0.25, 0.3) is 0 Å². The molecular formula is C17H20N2O6. The quantitative estimate of drug-likeness (QED) is 0.525. The summed E-state index contributed by atoms with van der Waals surface area (Å²) in [5.41, 5.74) is 0.676. The lowest BCUT2D eigenvalue weighted by Crippen LogP contribution is -2.26. The molecule has 0 fully saturated rings. The summed E-state index contributed by atoms with van der Waals surface area (Å²) in [5.74, 6) is -0.203. The average molecular weight is 348 g/mol. The smallest absolute Gasteiger partial charge is 0.412 e. The zero-order chi connectivity index (χ0) is 18.7. The first-order valence-electron chi connectivity index (χ1n) is 7.40. The number of carboxylic acid groups (broad SMARTS) is 1. The summed E-state index contributed by atoms with van der Waals surface area (Å²) in [7, 11) is 0. The van der Waals surface area contributed by atoms with Gasteiger partial charge in [-0.3, -0.25) is 4.79 Å². The molecule has 0 atom stereocenters. The van der Waals surface area contributed by atoms with Gasteiger partial charge in [-0.2, -0.15) is 0 Å². The minimum atomic E-state index is -0.914. The Morgan fingerprint density at radius 1 is 0.960 bits per heavy atom. The first kappa shape index (κ1) is 19.6. The fraction of sp³-hybridized carbons (Fsp3) is 0.176. The van der Waals surface area contributed by atoms with E-state index in [1.54, 1.807) is 19.1 Å². The number of amides is 1. The first-order chi connectivity index (χ1) is 11.9. The standard InChI is InChI=1S/C9H11NO3.C8H9NO3/c1-2-10-9(12)13-8-5-3-7(11)4-6-8;10-7-3-1-6(2-4-7)9-5-8(11)12/h3-6,11H,2H2,1H3,(H,10,12);1-4,9-10H,5H2,(H,11,12). The van der Waals surface area contributed by atoms with E-state index in [1.165, 1.54) is 36.4 Å². The molecule has 0 aliphatic heterocycles. The maximum Gasteiger partial charge on any atom is 0.412 e. The molecule has 0 saturated heterocycles. The summed E-state index contributed by atoms with van der Waals surface area (Å²) in [6, 6.07) is 12.1. The summed E-state index contributed by atoms with van der Waals surface area (Å²) in [5, 5.41) is 31.3. The van der Waals surface area contributed by atoms with Crippen LogP contribution in [0.1, 0.15) is 6.92 Å². The highest BCUT2D eigenvalue weighted by Crippen LogP contribution is 2.15. The molecule has 0 aromatic heterocycles. The molecule has 0 unspecified atom stereocenters. The van der Waals surface area contributed by atoms with Gasteiger partial charge >= 0.3 is 12.1 Å². The van der Waals surface area contributed by atoms with Crippen LogP contribution in [0.15, 0.2) is 48.5 Å². The Hall–Kier alpha value is -3.42. The van der Waals surface area contributed by atoms with Gasteiger partial charge in [-0.25, -0.2) is 4.79 Å². The van der Waals surface area contributed by atoms with Crippen LogP contribution in [0.5, 0.6) is 17.2 Å². The number of phenolic OH excluding ortho intramolecular Hbond substituents is 2. The maximum absolute atomic E-state index is 10.9. The van der Waals surface area contributed by atoms with Crippen molar-refractivity contribution in [1.29, 1.82) is 0 Å². The molecule has 0 heterocycles. The minimum absolute atomic E-state index is 0.120. The number of anilines is 1. The van der Waals surface area contributed by atoms with E-state index >= 15 is 0 Å². The van der Waals surface area contributed by atoms with Gasteiger partial charge in [0.05, 0.1) is 0 Å². The molecule has 0 aliphatic rings. The number of benzene rings is 2. The molecule has 0 radical (unpaired) electrons. The van der Waals surface area contributed by atoms with Gasteiger partial charge in [0.25, 0.3) is 0 Å². The van der Waals surface area contributed by atoms with Gasteiger partial charge in [0, 0.05) is 12.2 Å². The van der Waals surface area contributed by atoms with E-state index < -0.39 is 12.1 Å². The summed E-state index contributed by atoms with van der Waals surface area (Å²) >= 11 is 0. The van der Waals surface area contributed by atoms with E-state index in [-0.39, 0.29) is 18.0 Å². The molecule has 134 valence electrons. The topological polar surface area (TPSA) is 128 Å². The lowest BCUT2D eigenvalue weighted by Gasteiger charge is -2.03. The number of carboxylic acids is 1.